The topological polar surface area (TPSA) is 49.3 Å². The number of aromatic nitrogens is 2. The van der Waals surface area contributed by atoms with Crippen molar-refractivity contribution in [2.45, 2.75) is 13.5 Å². The van der Waals surface area contributed by atoms with E-state index in [1.807, 2.05) is 60.4 Å². The summed E-state index contributed by atoms with van der Waals surface area (Å²) in [6, 6.07) is 20.4. The normalized spacial score (nSPS) is 14.6. The number of thiazole rings is 2. The molecule has 0 atom stereocenters. The first-order chi connectivity index (χ1) is 15.7. The highest BCUT2D eigenvalue weighted by Gasteiger charge is 2.26. The van der Waals surface area contributed by atoms with Crippen molar-refractivity contribution in [3.05, 3.63) is 82.3 Å². The van der Waals surface area contributed by atoms with Gasteiger partial charge in [0.15, 0.2) is 0 Å². The van der Waals surface area contributed by atoms with Crippen molar-refractivity contribution in [3.63, 3.8) is 0 Å². The minimum absolute atomic E-state index is 0.0989. The number of aryl methyl sites for hydroxylation is 1. The number of nitrogens with zero attached hydrogens (tertiary/aromatic N) is 4. The number of amides is 1. The van der Waals surface area contributed by atoms with Crippen LogP contribution in [-0.4, -0.2) is 51.9 Å². The summed E-state index contributed by atoms with van der Waals surface area (Å²) < 4.78 is 0. The minimum Gasteiger partial charge on any atom is -0.335 e. The van der Waals surface area contributed by atoms with E-state index in [9.17, 15) is 4.79 Å². The lowest BCUT2D eigenvalue weighted by Gasteiger charge is -2.34. The molecule has 1 fully saturated rings. The van der Waals surface area contributed by atoms with Crippen molar-refractivity contribution in [2.24, 2.45) is 0 Å². The molecule has 1 amide bonds. The van der Waals surface area contributed by atoms with Crippen LogP contribution in [0, 0.1) is 6.92 Å². The van der Waals surface area contributed by atoms with Crippen molar-refractivity contribution in [3.8, 4) is 21.1 Å². The second-order valence-corrected chi connectivity index (χ2v) is 9.74. The highest BCUT2D eigenvalue weighted by molar-refractivity contribution is 7.17. The molecular formula is C25H24N4OS2. The van der Waals surface area contributed by atoms with E-state index in [0.717, 1.165) is 70.1 Å². The maximum Gasteiger partial charge on any atom is 0.265 e. The molecule has 162 valence electrons. The van der Waals surface area contributed by atoms with Gasteiger partial charge in [-0.05, 0) is 6.92 Å². The van der Waals surface area contributed by atoms with Crippen LogP contribution in [0.1, 0.15) is 21.1 Å². The molecule has 2 aromatic heterocycles. The first kappa shape index (κ1) is 21.0. The Hall–Kier alpha value is -2.87. The summed E-state index contributed by atoms with van der Waals surface area (Å²) in [4.78, 5) is 27.7. The second-order valence-electron chi connectivity index (χ2n) is 7.88. The molecule has 0 unspecified atom stereocenters. The molecule has 0 aliphatic carbocycles. The van der Waals surface area contributed by atoms with Crippen LogP contribution in [-0.2, 0) is 6.54 Å². The summed E-state index contributed by atoms with van der Waals surface area (Å²) in [5.41, 5.74) is 4.13. The molecule has 1 saturated heterocycles. The monoisotopic (exact) mass is 460 g/mol. The Morgan fingerprint density at radius 1 is 0.875 bits per heavy atom. The predicted molar refractivity (Wildman–Crippen MR) is 131 cm³/mol. The molecule has 3 heterocycles. The lowest BCUT2D eigenvalue weighted by atomic mass is 10.2. The molecule has 0 bridgehead atoms. The molecule has 0 spiro atoms. The average Bonchev–Trinajstić information content (AvgIpc) is 3.47. The Morgan fingerprint density at radius 3 is 2.16 bits per heavy atom. The van der Waals surface area contributed by atoms with Gasteiger partial charge in [0.25, 0.3) is 5.91 Å². The first-order valence-corrected chi connectivity index (χ1v) is 12.4. The quantitative estimate of drug-likeness (QED) is 0.411. The van der Waals surface area contributed by atoms with E-state index < -0.39 is 0 Å². The molecule has 5 rings (SSSR count). The number of benzene rings is 2. The van der Waals surface area contributed by atoms with Gasteiger partial charge in [0.1, 0.15) is 14.9 Å². The van der Waals surface area contributed by atoms with Crippen molar-refractivity contribution < 1.29 is 4.79 Å². The van der Waals surface area contributed by atoms with Gasteiger partial charge in [-0.2, -0.15) is 0 Å². The third-order valence-electron chi connectivity index (χ3n) is 5.63. The van der Waals surface area contributed by atoms with Crippen molar-refractivity contribution in [1.29, 1.82) is 0 Å². The zero-order valence-corrected chi connectivity index (χ0v) is 19.5. The standard InChI is InChI=1S/C25H24N4OS2/c1-18-22(32-24(26-18)20-10-6-3-7-11-20)25(30)29-14-12-28(13-15-29)16-21-17-31-23(27-21)19-8-4-2-5-9-19/h2-11,17H,12-16H2,1H3. The summed E-state index contributed by atoms with van der Waals surface area (Å²) in [7, 11) is 0. The molecule has 0 saturated carbocycles. The van der Waals surface area contributed by atoms with Crippen LogP contribution in [0.3, 0.4) is 0 Å². The Labute approximate surface area is 196 Å². The number of rotatable bonds is 5. The Morgan fingerprint density at radius 2 is 1.50 bits per heavy atom. The fraction of sp³-hybridized carbons (Fsp3) is 0.240. The third-order valence-corrected chi connectivity index (χ3v) is 7.76. The molecule has 32 heavy (non-hydrogen) atoms. The Balaban J connectivity index is 1.20. The van der Waals surface area contributed by atoms with E-state index in [2.05, 4.69) is 27.4 Å². The molecule has 1 aliphatic heterocycles. The molecule has 1 aliphatic rings. The lowest BCUT2D eigenvalue weighted by Crippen LogP contribution is -2.48. The Bertz CT molecular complexity index is 1200. The van der Waals surface area contributed by atoms with E-state index in [1.165, 1.54) is 11.3 Å². The smallest absolute Gasteiger partial charge is 0.265 e. The molecule has 5 nitrogen and oxygen atoms in total. The lowest BCUT2D eigenvalue weighted by molar-refractivity contribution is 0.0631. The van der Waals surface area contributed by atoms with E-state index in [1.54, 1.807) is 11.3 Å². The summed E-state index contributed by atoms with van der Waals surface area (Å²) in [6.45, 7) is 5.92. The fourth-order valence-electron chi connectivity index (χ4n) is 3.87. The van der Waals surface area contributed by atoms with Crippen LogP contribution in [0.2, 0.25) is 0 Å². The van der Waals surface area contributed by atoms with Gasteiger partial charge >= 0.3 is 0 Å². The molecule has 0 radical (unpaired) electrons. The summed E-state index contributed by atoms with van der Waals surface area (Å²) in [5.74, 6) is 0.0989. The van der Waals surface area contributed by atoms with Gasteiger partial charge in [-0.25, -0.2) is 9.97 Å². The van der Waals surface area contributed by atoms with Crippen LogP contribution in [0.25, 0.3) is 21.1 Å². The van der Waals surface area contributed by atoms with E-state index in [4.69, 9.17) is 4.98 Å². The van der Waals surface area contributed by atoms with Crippen LogP contribution in [0.5, 0.6) is 0 Å². The average molecular weight is 461 g/mol. The van der Waals surface area contributed by atoms with Gasteiger partial charge in [0.2, 0.25) is 0 Å². The highest BCUT2D eigenvalue weighted by Crippen LogP contribution is 2.29. The largest absolute Gasteiger partial charge is 0.335 e. The van der Waals surface area contributed by atoms with Gasteiger partial charge < -0.3 is 4.90 Å². The number of hydrogen-bond donors (Lipinski definition) is 0. The van der Waals surface area contributed by atoms with Crippen LogP contribution < -0.4 is 0 Å². The van der Waals surface area contributed by atoms with Crippen LogP contribution in [0.15, 0.2) is 66.0 Å². The van der Waals surface area contributed by atoms with Crippen molar-refractivity contribution in [2.75, 3.05) is 26.2 Å². The second kappa shape index (κ2) is 9.32. The zero-order chi connectivity index (χ0) is 21.9. The van der Waals surface area contributed by atoms with E-state index in [-0.39, 0.29) is 5.91 Å². The van der Waals surface area contributed by atoms with Gasteiger partial charge in [-0.3, -0.25) is 9.69 Å². The SMILES string of the molecule is Cc1nc(-c2ccccc2)sc1C(=O)N1CCN(Cc2csc(-c3ccccc3)n2)CC1. The molecule has 0 N–H and O–H groups in total. The molecule has 4 aromatic rings. The number of hydrogen-bond acceptors (Lipinski definition) is 6. The van der Waals surface area contributed by atoms with Crippen LogP contribution in [0.4, 0.5) is 0 Å². The predicted octanol–water partition coefficient (Wildman–Crippen LogP) is 5.20. The van der Waals surface area contributed by atoms with E-state index in [0.29, 0.717) is 0 Å². The number of carbonyl (C=O) groups is 1. The van der Waals surface area contributed by atoms with Crippen LogP contribution >= 0.6 is 22.7 Å². The maximum atomic E-state index is 13.2. The number of carbonyl (C=O) groups excluding carboxylic acids is 1. The highest BCUT2D eigenvalue weighted by atomic mass is 32.1. The fourth-order valence-corrected chi connectivity index (χ4v) is 5.73. The van der Waals surface area contributed by atoms with Gasteiger partial charge in [-0.1, -0.05) is 60.7 Å². The summed E-state index contributed by atoms with van der Waals surface area (Å²) in [6.07, 6.45) is 0. The molecular weight excluding hydrogens is 436 g/mol. The maximum absolute atomic E-state index is 13.2. The summed E-state index contributed by atoms with van der Waals surface area (Å²) in [5, 5.41) is 4.11. The van der Waals surface area contributed by atoms with Crippen molar-refractivity contribution in [1.82, 2.24) is 19.8 Å². The Kier molecular flexibility index (Phi) is 6.12. The third kappa shape index (κ3) is 4.50. The van der Waals surface area contributed by atoms with E-state index >= 15 is 0 Å². The zero-order valence-electron chi connectivity index (χ0n) is 17.9. The van der Waals surface area contributed by atoms with Gasteiger partial charge in [0, 0.05) is 49.2 Å². The summed E-state index contributed by atoms with van der Waals surface area (Å²) >= 11 is 3.18. The van der Waals surface area contributed by atoms with Gasteiger partial charge in [-0.15, -0.1) is 22.7 Å². The minimum atomic E-state index is 0.0989. The van der Waals surface area contributed by atoms with Gasteiger partial charge in [0.05, 0.1) is 11.4 Å². The first-order valence-electron chi connectivity index (χ1n) is 10.7. The molecule has 7 heteroatoms. The number of piperazine rings is 1. The van der Waals surface area contributed by atoms with Crippen molar-refractivity contribution >= 4 is 28.6 Å². The molecule has 2 aromatic carbocycles.